The summed E-state index contributed by atoms with van der Waals surface area (Å²) in [4.78, 5) is 0. The lowest BCUT2D eigenvalue weighted by Crippen LogP contribution is -2.09. The average molecular weight is 197 g/mol. The van der Waals surface area contributed by atoms with Crippen molar-refractivity contribution in [2.75, 3.05) is 0 Å². The van der Waals surface area contributed by atoms with E-state index in [-0.39, 0.29) is 0 Å². The molecule has 0 bridgehead atoms. The fourth-order valence-corrected chi connectivity index (χ4v) is 2.45. The Morgan fingerprint density at radius 1 is 0.786 bits per heavy atom. The van der Waals surface area contributed by atoms with E-state index in [1.807, 2.05) is 0 Å². The Bertz CT molecular complexity index is 126. The van der Waals surface area contributed by atoms with Gasteiger partial charge in [0.2, 0.25) is 0 Å². The van der Waals surface area contributed by atoms with Crippen molar-refractivity contribution in [3.05, 3.63) is 6.42 Å². The highest BCUT2D eigenvalue weighted by Gasteiger charge is 2.12. The molecule has 1 radical (unpaired) electrons. The van der Waals surface area contributed by atoms with Crippen molar-refractivity contribution in [3.8, 4) is 0 Å². The summed E-state index contributed by atoms with van der Waals surface area (Å²) < 4.78 is 0. The van der Waals surface area contributed by atoms with Crippen molar-refractivity contribution in [2.45, 2.75) is 60.8 Å². The van der Waals surface area contributed by atoms with Crippen molar-refractivity contribution in [2.24, 2.45) is 23.7 Å². The average Bonchev–Trinajstić information content (AvgIpc) is 2.01. The van der Waals surface area contributed by atoms with Gasteiger partial charge in [0.1, 0.15) is 0 Å². The molecule has 0 aromatic heterocycles. The molecule has 0 heteroatoms. The van der Waals surface area contributed by atoms with Gasteiger partial charge in [-0.15, -0.1) is 0 Å². The lowest BCUT2D eigenvalue weighted by atomic mass is 9.85. The third-order valence-electron chi connectivity index (χ3n) is 3.02. The van der Waals surface area contributed by atoms with E-state index in [9.17, 15) is 0 Å². The van der Waals surface area contributed by atoms with Crippen LogP contribution in [0.3, 0.4) is 0 Å². The van der Waals surface area contributed by atoms with Gasteiger partial charge < -0.3 is 0 Å². The van der Waals surface area contributed by atoms with Crippen LogP contribution in [0.5, 0.6) is 0 Å². The molecule has 0 aromatic rings. The highest BCUT2D eigenvalue weighted by atomic mass is 14.2. The van der Waals surface area contributed by atoms with Gasteiger partial charge in [-0.05, 0) is 49.4 Å². The van der Waals surface area contributed by atoms with E-state index < -0.39 is 0 Å². The van der Waals surface area contributed by atoms with Gasteiger partial charge in [0, 0.05) is 0 Å². The molecule has 14 heavy (non-hydrogen) atoms. The van der Waals surface area contributed by atoms with Gasteiger partial charge in [-0.1, -0.05) is 41.5 Å². The summed E-state index contributed by atoms with van der Waals surface area (Å²) in [5, 5.41) is 0. The Hall–Kier alpha value is 0. The summed E-state index contributed by atoms with van der Waals surface area (Å²) in [6, 6.07) is 0. The van der Waals surface area contributed by atoms with Crippen molar-refractivity contribution in [1.82, 2.24) is 0 Å². The smallest absolute Gasteiger partial charge is 0.0389 e. The van der Waals surface area contributed by atoms with E-state index in [1.54, 1.807) is 0 Å². The van der Waals surface area contributed by atoms with Crippen LogP contribution < -0.4 is 0 Å². The van der Waals surface area contributed by atoms with Gasteiger partial charge in [0.25, 0.3) is 0 Å². The van der Waals surface area contributed by atoms with Crippen molar-refractivity contribution in [3.63, 3.8) is 0 Å². The van der Waals surface area contributed by atoms with E-state index in [1.165, 1.54) is 19.3 Å². The summed E-state index contributed by atoms with van der Waals surface area (Å²) in [6.07, 6.45) is 6.47. The van der Waals surface area contributed by atoms with Crippen LogP contribution in [-0.2, 0) is 0 Å². The molecule has 0 saturated carbocycles. The molecule has 0 rings (SSSR count). The maximum Gasteiger partial charge on any atom is -0.0389 e. The SMILES string of the molecule is C[CH]C(C)CC(C)CC(C)CC(C)C. The minimum absolute atomic E-state index is 0.788. The van der Waals surface area contributed by atoms with Crippen LogP contribution in [0, 0.1) is 30.1 Å². The second-order valence-electron chi connectivity index (χ2n) is 5.62. The number of rotatable bonds is 7. The van der Waals surface area contributed by atoms with Crippen molar-refractivity contribution in [1.29, 1.82) is 0 Å². The topological polar surface area (TPSA) is 0 Å². The van der Waals surface area contributed by atoms with E-state index in [4.69, 9.17) is 0 Å². The van der Waals surface area contributed by atoms with Gasteiger partial charge >= 0.3 is 0 Å². The zero-order valence-electron chi connectivity index (χ0n) is 11.0. The Morgan fingerprint density at radius 2 is 1.29 bits per heavy atom. The zero-order chi connectivity index (χ0) is 11.1. The maximum atomic E-state index is 2.40. The first-order valence-electron chi connectivity index (χ1n) is 6.25. The van der Waals surface area contributed by atoms with Gasteiger partial charge in [-0.25, -0.2) is 0 Å². The summed E-state index contributed by atoms with van der Waals surface area (Å²) in [7, 11) is 0. The van der Waals surface area contributed by atoms with E-state index in [2.05, 4.69) is 48.0 Å². The number of hydrogen-bond donors (Lipinski definition) is 0. The predicted octanol–water partition coefficient (Wildman–Crippen LogP) is 4.95. The van der Waals surface area contributed by atoms with Crippen LogP contribution in [0.15, 0.2) is 0 Å². The fourth-order valence-electron chi connectivity index (χ4n) is 2.45. The molecule has 0 aromatic carbocycles. The molecule has 0 spiro atoms. The molecule has 0 aliphatic heterocycles. The third kappa shape index (κ3) is 7.41. The first-order chi connectivity index (χ1) is 6.45. The summed E-state index contributed by atoms with van der Waals surface area (Å²) in [6.45, 7) is 13.9. The normalized spacial score (nSPS) is 18.2. The minimum atomic E-state index is 0.788. The first kappa shape index (κ1) is 14.0. The maximum absolute atomic E-state index is 2.40. The molecule has 0 N–H and O–H groups in total. The van der Waals surface area contributed by atoms with Gasteiger partial charge in [-0.2, -0.15) is 0 Å². The lowest BCUT2D eigenvalue weighted by Gasteiger charge is -2.21. The molecule has 0 aliphatic rings. The molecule has 0 saturated heterocycles. The largest absolute Gasteiger partial charge is 0.0628 e. The Labute approximate surface area is 91.5 Å². The Balaban J connectivity index is 3.65. The van der Waals surface area contributed by atoms with Gasteiger partial charge in [-0.3, -0.25) is 0 Å². The molecule has 0 fully saturated rings. The Kier molecular flexibility index (Phi) is 7.31. The molecule has 0 heterocycles. The number of hydrogen-bond acceptors (Lipinski definition) is 0. The van der Waals surface area contributed by atoms with Crippen LogP contribution in [0.2, 0.25) is 0 Å². The second-order valence-corrected chi connectivity index (χ2v) is 5.62. The quantitative estimate of drug-likeness (QED) is 0.542. The summed E-state index contributed by atoms with van der Waals surface area (Å²) in [5.41, 5.74) is 0. The van der Waals surface area contributed by atoms with Gasteiger partial charge in [0.05, 0.1) is 0 Å². The molecule has 85 valence electrons. The zero-order valence-corrected chi connectivity index (χ0v) is 11.0. The molecule has 0 aliphatic carbocycles. The molecular weight excluding hydrogens is 168 g/mol. The van der Waals surface area contributed by atoms with Gasteiger partial charge in [0.15, 0.2) is 0 Å². The minimum Gasteiger partial charge on any atom is -0.0628 e. The molecule has 0 amide bonds. The van der Waals surface area contributed by atoms with Crippen LogP contribution >= 0.6 is 0 Å². The first-order valence-corrected chi connectivity index (χ1v) is 6.25. The molecule has 0 nitrogen and oxygen atoms in total. The molecular formula is C14H29. The second kappa shape index (κ2) is 7.31. The van der Waals surface area contributed by atoms with Crippen molar-refractivity contribution < 1.29 is 0 Å². The van der Waals surface area contributed by atoms with Crippen molar-refractivity contribution >= 4 is 0 Å². The highest BCUT2D eigenvalue weighted by Crippen LogP contribution is 2.24. The van der Waals surface area contributed by atoms with E-state index in [0.29, 0.717) is 0 Å². The van der Waals surface area contributed by atoms with Crippen LogP contribution in [0.1, 0.15) is 60.8 Å². The molecule has 3 atom stereocenters. The van der Waals surface area contributed by atoms with Crippen LogP contribution in [-0.4, -0.2) is 0 Å². The van der Waals surface area contributed by atoms with Crippen LogP contribution in [0.4, 0.5) is 0 Å². The third-order valence-corrected chi connectivity index (χ3v) is 3.02. The highest BCUT2D eigenvalue weighted by molar-refractivity contribution is 4.71. The van der Waals surface area contributed by atoms with E-state index >= 15 is 0 Å². The summed E-state index contributed by atoms with van der Waals surface area (Å²) in [5.74, 6) is 3.42. The van der Waals surface area contributed by atoms with Crippen LogP contribution in [0.25, 0.3) is 0 Å². The monoisotopic (exact) mass is 197 g/mol. The standard InChI is InChI=1S/C14H29/c1-7-12(4)9-14(6)10-13(5)8-11(2)3/h7,11-14H,8-10H2,1-6H3. The predicted molar refractivity (Wildman–Crippen MR) is 66.2 cm³/mol. The van der Waals surface area contributed by atoms with E-state index in [0.717, 1.165) is 23.7 Å². The summed E-state index contributed by atoms with van der Waals surface area (Å²) >= 11 is 0. The molecule has 3 unspecified atom stereocenters. The lowest BCUT2D eigenvalue weighted by molar-refractivity contribution is 0.324. The Morgan fingerprint density at radius 3 is 1.71 bits per heavy atom. The fraction of sp³-hybridized carbons (Fsp3) is 0.929.